The van der Waals surface area contributed by atoms with Crippen LogP contribution in [0.5, 0.6) is 0 Å². The summed E-state index contributed by atoms with van der Waals surface area (Å²) in [6.07, 6.45) is 2.35. The van der Waals surface area contributed by atoms with Crippen molar-refractivity contribution in [3.8, 4) is 0 Å². The van der Waals surface area contributed by atoms with Gasteiger partial charge in [0, 0.05) is 5.92 Å². The molecule has 1 heterocycles. The molecule has 0 radical (unpaired) electrons. The van der Waals surface area contributed by atoms with Gasteiger partial charge in [0.2, 0.25) is 0 Å². The van der Waals surface area contributed by atoms with Gasteiger partial charge in [-0.3, -0.25) is 4.79 Å². The fraction of sp³-hybridized carbons (Fsp3) is 0.214. The summed E-state index contributed by atoms with van der Waals surface area (Å²) in [5.74, 6) is -0.177. The van der Waals surface area contributed by atoms with E-state index in [0.29, 0.717) is 6.42 Å². The standard InChI is InChI=1S/C14H14O3/c15-14(16)10-12(13-7-4-8-17-13)9-11-5-2-1-3-6-11/h1-8,12H,9-10H2,(H,15,16)/t12-/m1/s1. The minimum Gasteiger partial charge on any atom is -0.481 e. The van der Waals surface area contributed by atoms with Gasteiger partial charge in [0.05, 0.1) is 12.7 Å². The predicted octanol–water partition coefficient (Wildman–Crippen LogP) is 3.08. The van der Waals surface area contributed by atoms with Gasteiger partial charge in [0.25, 0.3) is 0 Å². The average molecular weight is 230 g/mol. The first-order valence-corrected chi connectivity index (χ1v) is 5.55. The van der Waals surface area contributed by atoms with Crippen molar-refractivity contribution in [2.24, 2.45) is 0 Å². The van der Waals surface area contributed by atoms with Gasteiger partial charge < -0.3 is 9.52 Å². The Bertz CT molecular complexity index is 459. The predicted molar refractivity (Wildman–Crippen MR) is 63.8 cm³/mol. The van der Waals surface area contributed by atoms with Gasteiger partial charge in [-0.25, -0.2) is 0 Å². The quantitative estimate of drug-likeness (QED) is 0.858. The fourth-order valence-electron chi connectivity index (χ4n) is 1.91. The zero-order valence-corrected chi connectivity index (χ0v) is 9.37. The van der Waals surface area contributed by atoms with Gasteiger partial charge in [-0.1, -0.05) is 30.3 Å². The number of rotatable bonds is 5. The molecule has 0 unspecified atom stereocenters. The van der Waals surface area contributed by atoms with Gasteiger partial charge >= 0.3 is 5.97 Å². The second kappa shape index (κ2) is 5.34. The molecular weight excluding hydrogens is 216 g/mol. The van der Waals surface area contributed by atoms with E-state index in [4.69, 9.17) is 9.52 Å². The second-order valence-corrected chi connectivity index (χ2v) is 4.00. The van der Waals surface area contributed by atoms with E-state index in [1.165, 1.54) is 0 Å². The van der Waals surface area contributed by atoms with Crippen LogP contribution in [0.3, 0.4) is 0 Å². The summed E-state index contributed by atoms with van der Waals surface area (Å²) in [6.45, 7) is 0. The molecule has 0 aliphatic rings. The molecule has 0 spiro atoms. The number of hydrogen-bond donors (Lipinski definition) is 1. The SMILES string of the molecule is O=C(O)C[C@@H](Cc1ccccc1)c1ccco1. The highest BCUT2D eigenvalue weighted by molar-refractivity contribution is 5.67. The van der Waals surface area contributed by atoms with Crippen LogP contribution in [0.4, 0.5) is 0 Å². The number of carboxylic acids is 1. The lowest BCUT2D eigenvalue weighted by Gasteiger charge is -2.12. The summed E-state index contributed by atoms with van der Waals surface area (Å²) >= 11 is 0. The first-order valence-electron chi connectivity index (χ1n) is 5.55. The Morgan fingerprint density at radius 2 is 1.94 bits per heavy atom. The second-order valence-electron chi connectivity index (χ2n) is 4.00. The molecule has 0 saturated heterocycles. The molecule has 88 valence electrons. The van der Waals surface area contributed by atoms with E-state index in [0.717, 1.165) is 11.3 Å². The largest absolute Gasteiger partial charge is 0.481 e. The van der Waals surface area contributed by atoms with Crippen molar-refractivity contribution in [1.29, 1.82) is 0 Å². The Kier molecular flexibility index (Phi) is 3.60. The maximum atomic E-state index is 10.9. The van der Waals surface area contributed by atoms with Gasteiger partial charge in [-0.15, -0.1) is 0 Å². The molecule has 0 fully saturated rings. The van der Waals surface area contributed by atoms with Crippen molar-refractivity contribution in [3.63, 3.8) is 0 Å². The van der Waals surface area contributed by atoms with Crippen LogP contribution in [0.25, 0.3) is 0 Å². The lowest BCUT2D eigenvalue weighted by molar-refractivity contribution is -0.137. The highest BCUT2D eigenvalue weighted by Gasteiger charge is 2.18. The summed E-state index contributed by atoms with van der Waals surface area (Å²) in [5, 5.41) is 8.92. The molecule has 0 aliphatic heterocycles. The Morgan fingerprint density at radius 3 is 2.53 bits per heavy atom. The van der Waals surface area contributed by atoms with Gasteiger partial charge in [-0.05, 0) is 24.1 Å². The molecule has 0 bridgehead atoms. The maximum Gasteiger partial charge on any atom is 0.304 e. The van der Waals surface area contributed by atoms with Crippen LogP contribution in [0.2, 0.25) is 0 Å². The minimum atomic E-state index is -0.803. The third-order valence-corrected chi connectivity index (χ3v) is 2.69. The molecule has 1 aromatic heterocycles. The van der Waals surface area contributed by atoms with E-state index < -0.39 is 5.97 Å². The van der Waals surface area contributed by atoms with Crippen molar-refractivity contribution < 1.29 is 14.3 Å². The van der Waals surface area contributed by atoms with Gasteiger partial charge in [0.1, 0.15) is 5.76 Å². The minimum absolute atomic E-state index is 0.0857. The molecule has 1 N–H and O–H groups in total. The average Bonchev–Trinajstić information content (AvgIpc) is 2.82. The number of carbonyl (C=O) groups is 1. The molecule has 3 heteroatoms. The number of aliphatic carboxylic acids is 1. The Labute approximate surface area is 99.7 Å². The molecule has 0 saturated carbocycles. The van der Waals surface area contributed by atoms with E-state index in [-0.39, 0.29) is 12.3 Å². The highest BCUT2D eigenvalue weighted by atomic mass is 16.4. The maximum absolute atomic E-state index is 10.9. The van der Waals surface area contributed by atoms with E-state index in [9.17, 15) is 4.79 Å². The van der Waals surface area contributed by atoms with Crippen LogP contribution in [-0.2, 0) is 11.2 Å². The third-order valence-electron chi connectivity index (χ3n) is 2.69. The van der Waals surface area contributed by atoms with Crippen molar-refractivity contribution in [3.05, 3.63) is 60.1 Å². The molecule has 2 rings (SSSR count). The summed E-state index contributed by atoms with van der Waals surface area (Å²) in [5.41, 5.74) is 1.12. The van der Waals surface area contributed by atoms with Crippen LogP contribution < -0.4 is 0 Å². The van der Waals surface area contributed by atoms with Crippen molar-refractivity contribution in [2.75, 3.05) is 0 Å². The molecule has 3 nitrogen and oxygen atoms in total. The van der Waals surface area contributed by atoms with Crippen molar-refractivity contribution >= 4 is 5.97 Å². The van der Waals surface area contributed by atoms with Gasteiger partial charge in [0.15, 0.2) is 0 Å². The van der Waals surface area contributed by atoms with E-state index in [1.54, 1.807) is 12.3 Å². The van der Waals surface area contributed by atoms with Crippen molar-refractivity contribution in [1.82, 2.24) is 0 Å². The van der Waals surface area contributed by atoms with Crippen molar-refractivity contribution in [2.45, 2.75) is 18.8 Å². The first kappa shape index (κ1) is 11.5. The van der Waals surface area contributed by atoms with E-state index in [1.807, 2.05) is 36.4 Å². The fourth-order valence-corrected chi connectivity index (χ4v) is 1.91. The molecule has 1 aromatic carbocycles. The summed E-state index contributed by atoms with van der Waals surface area (Å²) in [6, 6.07) is 13.5. The molecular formula is C14H14O3. The molecule has 0 amide bonds. The van der Waals surface area contributed by atoms with Crippen LogP contribution in [0.1, 0.15) is 23.7 Å². The zero-order valence-electron chi connectivity index (χ0n) is 9.37. The first-order chi connectivity index (χ1) is 8.25. The Morgan fingerprint density at radius 1 is 1.18 bits per heavy atom. The van der Waals surface area contributed by atoms with Gasteiger partial charge in [-0.2, -0.15) is 0 Å². The molecule has 17 heavy (non-hydrogen) atoms. The number of hydrogen-bond acceptors (Lipinski definition) is 2. The topological polar surface area (TPSA) is 50.4 Å². The summed E-state index contributed by atoms with van der Waals surface area (Å²) in [4.78, 5) is 10.9. The monoisotopic (exact) mass is 230 g/mol. The van der Waals surface area contributed by atoms with E-state index in [2.05, 4.69) is 0 Å². The smallest absolute Gasteiger partial charge is 0.304 e. The van der Waals surface area contributed by atoms with Crippen LogP contribution in [0.15, 0.2) is 53.1 Å². The van der Waals surface area contributed by atoms with E-state index >= 15 is 0 Å². The molecule has 2 aromatic rings. The summed E-state index contributed by atoms with van der Waals surface area (Å²) < 4.78 is 5.31. The number of carboxylic acid groups (broad SMARTS) is 1. The van der Waals surface area contributed by atoms with Crippen LogP contribution >= 0.6 is 0 Å². The lowest BCUT2D eigenvalue weighted by atomic mass is 9.94. The molecule has 0 aliphatic carbocycles. The molecule has 1 atom stereocenters. The Hall–Kier alpha value is -2.03. The highest BCUT2D eigenvalue weighted by Crippen LogP contribution is 2.24. The third kappa shape index (κ3) is 3.21. The number of benzene rings is 1. The lowest BCUT2D eigenvalue weighted by Crippen LogP contribution is -2.08. The number of furan rings is 1. The van der Waals surface area contributed by atoms with Crippen LogP contribution in [-0.4, -0.2) is 11.1 Å². The van der Waals surface area contributed by atoms with Crippen LogP contribution in [0, 0.1) is 0 Å². The normalized spacial score (nSPS) is 12.2. The summed E-state index contributed by atoms with van der Waals surface area (Å²) in [7, 11) is 0. The Balaban J connectivity index is 2.14. The zero-order chi connectivity index (χ0) is 12.1.